The Labute approximate surface area is 205 Å². The van der Waals surface area contributed by atoms with E-state index in [4.69, 9.17) is 10.5 Å². The Hall–Kier alpha value is -2.93. The summed E-state index contributed by atoms with van der Waals surface area (Å²) >= 11 is 1.46. The highest BCUT2D eigenvalue weighted by atomic mass is 32.2. The van der Waals surface area contributed by atoms with Crippen LogP contribution in [0, 0.1) is 25.2 Å². The predicted molar refractivity (Wildman–Crippen MR) is 141 cm³/mol. The van der Waals surface area contributed by atoms with Gasteiger partial charge >= 0.3 is 0 Å². The summed E-state index contributed by atoms with van der Waals surface area (Å²) in [5, 5.41) is 16.5. The van der Waals surface area contributed by atoms with Crippen LogP contribution in [0.3, 0.4) is 0 Å². The van der Waals surface area contributed by atoms with Crippen LogP contribution in [0.4, 0.5) is 0 Å². The average Bonchev–Trinajstić information content (AvgIpc) is 3.37. The van der Waals surface area contributed by atoms with E-state index < -0.39 is 0 Å². The highest BCUT2D eigenvalue weighted by Crippen LogP contribution is 2.36. The van der Waals surface area contributed by atoms with Crippen molar-refractivity contribution in [3.8, 4) is 5.69 Å². The van der Waals surface area contributed by atoms with Crippen molar-refractivity contribution < 1.29 is 4.79 Å². The number of rotatable bonds is 4. The fourth-order valence-corrected chi connectivity index (χ4v) is 6.08. The summed E-state index contributed by atoms with van der Waals surface area (Å²) in [6.45, 7) is 8.49. The molecule has 0 radical (unpaired) electrons. The highest BCUT2D eigenvalue weighted by molar-refractivity contribution is 8.27. The summed E-state index contributed by atoms with van der Waals surface area (Å²) in [5.74, 6) is 0.651. The fourth-order valence-electron chi connectivity index (χ4n) is 5.02. The minimum Gasteiger partial charge on any atom is -0.318 e. The first kappa shape index (κ1) is 22.8. The monoisotopic (exact) mass is 473 g/mol. The molecule has 1 saturated carbocycles. The molecule has 0 unspecified atom stereocenters. The maximum Gasteiger partial charge on any atom is 0.283 e. The van der Waals surface area contributed by atoms with Crippen LogP contribution >= 0.6 is 11.8 Å². The van der Waals surface area contributed by atoms with E-state index in [9.17, 15) is 4.79 Å². The van der Waals surface area contributed by atoms with Gasteiger partial charge in [-0.3, -0.25) is 10.2 Å². The minimum atomic E-state index is -0.366. The molecule has 0 spiro atoms. The lowest BCUT2D eigenvalue weighted by atomic mass is 9.90. The molecule has 7 heteroatoms. The number of hydrazone groups is 1. The van der Waals surface area contributed by atoms with Gasteiger partial charge in [0.15, 0.2) is 5.84 Å². The van der Waals surface area contributed by atoms with Crippen LogP contribution in [-0.4, -0.2) is 31.5 Å². The topological polar surface area (TPSA) is 73.8 Å². The Morgan fingerprint density at radius 3 is 2.50 bits per heavy atom. The predicted octanol–water partition coefficient (Wildman–Crippen LogP) is 6.42. The zero-order valence-corrected chi connectivity index (χ0v) is 21.1. The lowest BCUT2D eigenvalue weighted by Crippen LogP contribution is -2.35. The molecule has 5 rings (SSSR count). The van der Waals surface area contributed by atoms with Crippen molar-refractivity contribution in [3.05, 3.63) is 58.4 Å². The van der Waals surface area contributed by atoms with Crippen LogP contribution in [-0.2, 0) is 4.79 Å². The van der Waals surface area contributed by atoms with E-state index in [2.05, 4.69) is 60.7 Å². The Balaban J connectivity index is 1.45. The third-order valence-corrected chi connectivity index (χ3v) is 8.08. The number of thioether (sulfide) groups is 1. The van der Waals surface area contributed by atoms with E-state index in [0.29, 0.717) is 17.0 Å². The number of hydrogen-bond acceptors (Lipinski definition) is 4. The maximum absolute atomic E-state index is 12.9. The first-order valence-electron chi connectivity index (χ1n) is 12.1. The SMILES string of the molecule is Cc1cc(/C=C2\C(=N)N3N=C(C4CCCCC4)SC3=NC2=O)c(C)n1-c1ccc(C(C)C)cc1. The smallest absolute Gasteiger partial charge is 0.283 e. The molecule has 0 atom stereocenters. The molecule has 1 fully saturated rings. The standard InChI is InChI=1S/C27H31N5OS/c1-16(2)19-10-12-22(13-11-19)31-17(3)14-21(18(31)4)15-23-24(28)32-27(29-25(23)33)34-26(30-32)20-8-6-5-7-9-20/h10-16,20,28H,5-9H2,1-4H3/b23-15+,28-24?. The van der Waals surface area contributed by atoms with E-state index in [1.54, 1.807) is 11.1 Å². The molecule has 1 aromatic heterocycles. The molecule has 2 aliphatic heterocycles. The van der Waals surface area contributed by atoms with E-state index in [-0.39, 0.29) is 17.3 Å². The molecule has 1 aromatic carbocycles. The van der Waals surface area contributed by atoms with Crippen molar-refractivity contribution >= 4 is 39.8 Å². The van der Waals surface area contributed by atoms with Crippen molar-refractivity contribution in [2.45, 2.75) is 65.7 Å². The molecule has 2 aromatic rings. The zero-order chi connectivity index (χ0) is 24.0. The second kappa shape index (κ2) is 9.02. The lowest BCUT2D eigenvalue weighted by molar-refractivity contribution is -0.114. The molecule has 0 saturated heterocycles. The summed E-state index contributed by atoms with van der Waals surface area (Å²) < 4.78 is 2.19. The number of nitrogens with zero attached hydrogens (tertiary/aromatic N) is 4. The Morgan fingerprint density at radius 1 is 1.12 bits per heavy atom. The maximum atomic E-state index is 12.9. The van der Waals surface area contributed by atoms with Gasteiger partial charge in [0, 0.05) is 23.0 Å². The first-order chi connectivity index (χ1) is 16.3. The van der Waals surface area contributed by atoms with Gasteiger partial charge in [-0.15, -0.1) is 0 Å². The van der Waals surface area contributed by atoms with Gasteiger partial charge in [-0.05, 0) is 79.8 Å². The summed E-state index contributed by atoms with van der Waals surface area (Å²) in [6.07, 6.45) is 7.76. The molecule has 1 aliphatic carbocycles. The van der Waals surface area contributed by atoms with Crippen molar-refractivity contribution in [2.24, 2.45) is 16.0 Å². The Kier molecular flexibility index (Phi) is 6.06. The first-order valence-corrected chi connectivity index (χ1v) is 12.9. The molecule has 0 bridgehead atoms. The molecular formula is C27H31N5OS. The van der Waals surface area contributed by atoms with E-state index in [0.717, 1.165) is 40.5 Å². The third kappa shape index (κ3) is 4.06. The molecule has 176 valence electrons. The van der Waals surface area contributed by atoms with Crippen molar-refractivity contribution in [3.63, 3.8) is 0 Å². The van der Waals surface area contributed by atoms with E-state index in [1.807, 2.05) is 6.92 Å². The number of fused-ring (bicyclic) bond motifs is 1. The largest absolute Gasteiger partial charge is 0.318 e. The zero-order valence-electron chi connectivity index (χ0n) is 20.3. The van der Waals surface area contributed by atoms with Crippen LogP contribution in [0.2, 0.25) is 0 Å². The van der Waals surface area contributed by atoms with E-state index >= 15 is 0 Å². The van der Waals surface area contributed by atoms with Crippen molar-refractivity contribution in [1.82, 2.24) is 9.58 Å². The number of carbonyl (C=O) groups excluding carboxylic acids is 1. The van der Waals surface area contributed by atoms with Gasteiger partial charge < -0.3 is 4.57 Å². The number of nitrogens with one attached hydrogen (secondary N) is 1. The summed E-state index contributed by atoms with van der Waals surface area (Å²) in [5.41, 5.74) is 5.70. The van der Waals surface area contributed by atoms with Crippen LogP contribution in [0.1, 0.15) is 74.4 Å². The molecule has 34 heavy (non-hydrogen) atoms. The van der Waals surface area contributed by atoms with Gasteiger partial charge in [-0.2, -0.15) is 15.1 Å². The van der Waals surface area contributed by atoms with Gasteiger partial charge in [0.25, 0.3) is 5.91 Å². The van der Waals surface area contributed by atoms with Crippen molar-refractivity contribution in [1.29, 1.82) is 5.41 Å². The van der Waals surface area contributed by atoms with Crippen LogP contribution in [0.25, 0.3) is 11.8 Å². The summed E-state index contributed by atoms with van der Waals surface area (Å²) in [4.78, 5) is 17.2. The molecule has 1 N–H and O–H groups in total. The highest BCUT2D eigenvalue weighted by Gasteiger charge is 2.38. The van der Waals surface area contributed by atoms with Crippen LogP contribution in [0.15, 0.2) is 46.0 Å². The van der Waals surface area contributed by atoms with Gasteiger partial charge in [0.1, 0.15) is 5.04 Å². The molecule has 1 amide bonds. The second-order valence-electron chi connectivity index (χ2n) is 9.70. The minimum absolute atomic E-state index is 0.111. The average molecular weight is 474 g/mol. The van der Waals surface area contributed by atoms with Gasteiger partial charge in [-0.1, -0.05) is 45.2 Å². The fraction of sp³-hybridized carbons (Fsp3) is 0.407. The molecule has 6 nitrogen and oxygen atoms in total. The third-order valence-electron chi connectivity index (χ3n) is 7.01. The number of hydrogen-bond donors (Lipinski definition) is 1. The lowest BCUT2D eigenvalue weighted by Gasteiger charge is -2.20. The summed E-state index contributed by atoms with van der Waals surface area (Å²) in [6, 6.07) is 10.7. The van der Waals surface area contributed by atoms with Gasteiger partial charge in [0.2, 0.25) is 5.17 Å². The van der Waals surface area contributed by atoms with Crippen molar-refractivity contribution in [2.75, 3.05) is 0 Å². The quantitative estimate of drug-likeness (QED) is 0.521. The molecular weight excluding hydrogens is 442 g/mol. The number of aliphatic imine (C=N–C) groups is 1. The van der Waals surface area contributed by atoms with Crippen LogP contribution < -0.4 is 0 Å². The number of amides is 1. The number of benzene rings is 1. The number of amidine groups is 2. The Morgan fingerprint density at radius 2 is 1.82 bits per heavy atom. The van der Waals surface area contributed by atoms with Gasteiger partial charge in [0.05, 0.1) is 5.57 Å². The van der Waals surface area contributed by atoms with Gasteiger partial charge in [-0.25, -0.2) is 0 Å². The Bertz CT molecular complexity index is 1240. The summed E-state index contributed by atoms with van der Waals surface area (Å²) in [7, 11) is 0. The number of aromatic nitrogens is 1. The second-order valence-corrected chi connectivity index (χ2v) is 10.7. The molecule has 3 heterocycles. The number of carbonyl (C=O) groups is 1. The molecule has 3 aliphatic rings. The van der Waals surface area contributed by atoms with Crippen LogP contribution in [0.5, 0.6) is 0 Å². The normalized spacial score (nSPS) is 20.3. The number of aryl methyl sites for hydroxylation is 1. The van der Waals surface area contributed by atoms with E-state index in [1.165, 1.54) is 36.6 Å².